The van der Waals surface area contributed by atoms with Gasteiger partial charge in [0.25, 0.3) is 0 Å². The first-order valence-electron chi connectivity index (χ1n) is 7.31. The van der Waals surface area contributed by atoms with Crippen molar-refractivity contribution in [3.05, 3.63) is 0 Å². The van der Waals surface area contributed by atoms with Crippen molar-refractivity contribution in [2.75, 3.05) is 39.8 Å². The molecule has 0 radical (unpaired) electrons. The molecule has 2 aliphatic rings. The molecule has 1 aliphatic heterocycles. The fourth-order valence-corrected chi connectivity index (χ4v) is 3.23. The van der Waals surface area contributed by atoms with Crippen LogP contribution in [0.2, 0.25) is 0 Å². The highest BCUT2D eigenvalue weighted by atomic mass is 16.5. The van der Waals surface area contributed by atoms with Gasteiger partial charge in [-0.3, -0.25) is 9.69 Å². The van der Waals surface area contributed by atoms with Gasteiger partial charge in [-0.25, -0.2) is 0 Å². The van der Waals surface area contributed by atoms with Crippen LogP contribution < -0.4 is 0 Å². The molecule has 4 nitrogen and oxygen atoms in total. The third-order valence-electron chi connectivity index (χ3n) is 4.33. The molecular formula is C14H26N2O2. The first-order valence-corrected chi connectivity index (χ1v) is 7.31. The van der Waals surface area contributed by atoms with Gasteiger partial charge in [-0.1, -0.05) is 12.8 Å². The normalized spacial score (nSPS) is 31.2. The van der Waals surface area contributed by atoms with Crippen LogP contribution in [0, 0.1) is 5.92 Å². The molecule has 1 heterocycles. The molecule has 104 valence electrons. The summed E-state index contributed by atoms with van der Waals surface area (Å²) in [6.45, 7) is 6.82. The molecule has 1 aliphatic carbocycles. The van der Waals surface area contributed by atoms with Gasteiger partial charge < -0.3 is 9.64 Å². The summed E-state index contributed by atoms with van der Waals surface area (Å²) in [6.07, 6.45) is 4.60. The zero-order valence-electron chi connectivity index (χ0n) is 11.7. The number of ether oxygens (including phenoxy) is 1. The van der Waals surface area contributed by atoms with E-state index >= 15 is 0 Å². The quantitative estimate of drug-likeness (QED) is 0.712. The van der Waals surface area contributed by atoms with Crippen LogP contribution in [-0.4, -0.2) is 61.6 Å². The van der Waals surface area contributed by atoms with Crippen molar-refractivity contribution in [2.45, 2.75) is 38.6 Å². The molecule has 0 N–H and O–H groups in total. The second-order valence-electron chi connectivity index (χ2n) is 5.55. The molecular weight excluding hydrogens is 228 g/mol. The molecule has 2 atom stereocenters. The summed E-state index contributed by atoms with van der Waals surface area (Å²) < 4.78 is 5.25. The third kappa shape index (κ3) is 3.23. The minimum absolute atomic E-state index is 0.0288. The van der Waals surface area contributed by atoms with E-state index in [1.165, 1.54) is 12.8 Å². The Bertz CT molecular complexity index is 275. The van der Waals surface area contributed by atoms with E-state index in [-0.39, 0.29) is 11.9 Å². The number of hydrogen-bond donors (Lipinski definition) is 0. The van der Waals surface area contributed by atoms with Crippen molar-refractivity contribution in [1.82, 2.24) is 9.80 Å². The SMILES string of the molecule is CCOC(=O)[C@H]1CCCC[C@H]1N1CCN(C)CC1. The van der Waals surface area contributed by atoms with Crippen molar-refractivity contribution >= 4 is 5.97 Å². The topological polar surface area (TPSA) is 32.8 Å². The molecule has 0 spiro atoms. The number of carbonyl (C=O) groups excluding carboxylic acids is 1. The number of rotatable bonds is 3. The predicted molar refractivity (Wildman–Crippen MR) is 71.4 cm³/mol. The van der Waals surface area contributed by atoms with Crippen LogP contribution >= 0.6 is 0 Å². The van der Waals surface area contributed by atoms with E-state index in [1.807, 2.05) is 6.92 Å². The lowest BCUT2D eigenvalue weighted by Crippen LogP contribution is -2.53. The molecule has 1 saturated carbocycles. The Morgan fingerprint density at radius 2 is 1.83 bits per heavy atom. The molecule has 0 aromatic heterocycles. The maximum absolute atomic E-state index is 12.1. The lowest BCUT2D eigenvalue weighted by Gasteiger charge is -2.42. The van der Waals surface area contributed by atoms with E-state index in [4.69, 9.17) is 4.74 Å². The second-order valence-corrected chi connectivity index (χ2v) is 5.55. The average molecular weight is 254 g/mol. The van der Waals surface area contributed by atoms with E-state index < -0.39 is 0 Å². The fourth-order valence-electron chi connectivity index (χ4n) is 3.23. The average Bonchev–Trinajstić information content (AvgIpc) is 2.40. The Morgan fingerprint density at radius 3 is 2.50 bits per heavy atom. The summed E-state index contributed by atoms with van der Waals surface area (Å²) >= 11 is 0. The summed E-state index contributed by atoms with van der Waals surface area (Å²) in [5.74, 6) is 0.142. The predicted octanol–water partition coefficient (Wildman–Crippen LogP) is 1.36. The Kier molecular flexibility index (Phi) is 5.01. The molecule has 18 heavy (non-hydrogen) atoms. The second kappa shape index (κ2) is 6.53. The van der Waals surface area contributed by atoms with Crippen molar-refractivity contribution in [3.8, 4) is 0 Å². The van der Waals surface area contributed by atoms with Gasteiger partial charge >= 0.3 is 5.97 Å². The molecule has 0 aromatic carbocycles. The zero-order chi connectivity index (χ0) is 13.0. The van der Waals surface area contributed by atoms with Gasteiger partial charge in [0.1, 0.15) is 0 Å². The molecule has 0 amide bonds. The monoisotopic (exact) mass is 254 g/mol. The minimum atomic E-state index is 0.0288. The van der Waals surface area contributed by atoms with Crippen LogP contribution in [0.15, 0.2) is 0 Å². The largest absolute Gasteiger partial charge is 0.466 e. The number of likely N-dealkylation sites (N-methyl/N-ethyl adjacent to an activating group) is 1. The van der Waals surface area contributed by atoms with Gasteiger partial charge in [0, 0.05) is 32.2 Å². The van der Waals surface area contributed by atoms with E-state index in [0.29, 0.717) is 12.6 Å². The zero-order valence-corrected chi connectivity index (χ0v) is 11.7. The summed E-state index contributed by atoms with van der Waals surface area (Å²) in [7, 11) is 2.17. The molecule has 1 saturated heterocycles. The molecule has 4 heteroatoms. The third-order valence-corrected chi connectivity index (χ3v) is 4.33. The van der Waals surface area contributed by atoms with E-state index in [2.05, 4.69) is 16.8 Å². The minimum Gasteiger partial charge on any atom is -0.466 e. The lowest BCUT2D eigenvalue weighted by atomic mass is 9.83. The Morgan fingerprint density at radius 1 is 1.17 bits per heavy atom. The van der Waals surface area contributed by atoms with Crippen LogP contribution in [0.5, 0.6) is 0 Å². The number of nitrogens with zero attached hydrogens (tertiary/aromatic N) is 2. The molecule has 0 unspecified atom stereocenters. The van der Waals surface area contributed by atoms with Crippen LogP contribution in [-0.2, 0) is 9.53 Å². The Labute approximate surface area is 110 Å². The molecule has 2 fully saturated rings. The van der Waals surface area contributed by atoms with Crippen molar-refractivity contribution < 1.29 is 9.53 Å². The molecule has 0 bridgehead atoms. The summed E-state index contributed by atoms with van der Waals surface area (Å²) in [5.41, 5.74) is 0. The molecule has 2 rings (SSSR count). The van der Waals surface area contributed by atoms with E-state index in [1.54, 1.807) is 0 Å². The highest BCUT2D eigenvalue weighted by molar-refractivity contribution is 5.73. The maximum atomic E-state index is 12.1. The summed E-state index contributed by atoms with van der Waals surface area (Å²) in [4.78, 5) is 16.9. The highest BCUT2D eigenvalue weighted by Gasteiger charge is 2.36. The van der Waals surface area contributed by atoms with Gasteiger partial charge in [-0.05, 0) is 26.8 Å². The number of hydrogen-bond acceptors (Lipinski definition) is 4. The van der Waals surface area contributed by atoms with Gasteiger partial charge in [0.15, 0.2) is 0 Å². The highest BCUT2D eigenvalue weighted by Crippen LogP contribution is 2.30. The Hall–Kier alpha value is -0.610. The number of esters is 1. The van der Waals surface area contributed by atoms with Crippen molar-refractivity contribution in [2.24, 2.45) is 5.92 Å². The number of carbonyl (C=O) groups is 1. The fraction of sp³-hybridized carbons (Fsp3) is 0.929. The van der Waals surface area contributed by atoms with Gasteiger partial charge in [0.05, 0.1) is 12.5 Å². The summed E-state index contributed by atoms with van der Waals surface area (Å²) in [5, 5.41) is 0. The van der Waals surface area contributed by atoms with Crippen LogP contribution in [0.4, 0.5) is 0 Å². The van der Waals surface area contributed by atoms with Crippen LogP contribution in [0.3, 0.4) is 0 Å². The summed E-state index contributed by atoms with van der Waals surface area (Å²) in [6, 6.07) is 0.423. The van der Waals surface area contributed by atoms with E-state index in [0.717, 1.165) is 39.0 Å². The van der Waals surface area contributed by atoms with Gasteiger partial charge in [-0.15, -0.1) is 0 Å². The van der Waals surface area contributed by atoms with Gasteiger partial charge in [0.2, 0.25) is 0 Å². The standard InChI is InChI=1S/C14H26N2O2/c1-3-18-14(17)12-6-4-5-7-13(12)16-10-8-15(2)9-11-16/h12-13H,3-11H2,1-2H3/t12-,13+/m0/s1. The van der Waals surface area contributed by atoms with Gasteiger partial charge in [-0.2, -0.15) is 0 Å². The molecule has 0 aromatic rings. The Balaban J connectivity index is 1.96. The maximum Gasteiger partial charge on any atom is 0.310 e. The first-order chi connectivity index (χ1) is 8.72. The van der Waals surface area contributed by atoms with Crippen molar-refractivity contribution in [3.63, 3.8) is 0 Å². The number of piperazine rings is 1. The van der Waals surface area contributed by atoms with E-state index in [9.17, 15) is 4.79 Å². The van der Waals surface area contributed by atoms with Crippen LogP contribution in [0.1, 0.15) is 32.6 Å². The van der Waals surface area contributed by atoms with Crippen molar-refractivity contribution in [1.29, 1.82) is 0 Å². The van der Waals surface area contributed by atoms with Crippen LogP contribution in [0.25, 0.3) is 0 Å². The lowest BCUT2D eigenvalue weighted by molar-refractivity contribution is -0.152. The smallest absolute Gasteiger partial charge is 0.310 e. The first kappa shape index (κ1) is 13.8.